The third kappa shape index (κ3) is 1.84. The highest BCUT2D eigenvalue weighted by atomic mass is 35.5. The lowest BCUT2D eigenvalue weighted by Crippen LogP contribution is -1.86. The second-order valence-electron chi connectivity index (χ2n) is 3.12. The monoisotopic (exact) mass is 190 g/mol. The maximum atomic E-state index is 6.08. The van der Waals surface area contributed by atoms with E-state index in [1.807, 2.05) is 18.2 Å². The molecule has 0 aliphatic heterocycles. The predicted molar refractivity (Wildman–Crippen MR) is 57.8 cm³/mol. The molecule has 1 aliphatic carbocycles. The summed E-state index contributed by atoms with van der Waals surface area (Å²) in [6, 6.07) is 7.97. The molecule has 0 saturated carbocycles. The summed E-state index contributed by atoms with van der Waals surface area (Å²) in [5.74, 6) is 0. The third-order valence-corrected chi connectivity index (χ3v) is 2.51. The fourth-order valence-electron chi connectivity index (χ4n) is 1.51. The van der Waals surface area contributed by atoms with Gasteiger partial charge in [-0.3, -0.25) is 0 Å². The number of hydrogen-bond donors (Lipinski definition) is 0. The van der Waals surface area contributed by atoms with Gasteiger partial charge >= 0.3 is 0 Å². The zero-order valence-electron chi connectivity index (χ0n) is 7.33. The molecule has 0 aromatic heterocycles. The van der Waals surface area contributed by atoms with Crippen LogP contribution in [0.3, 0.4) is 0 Å². The number of hydrogen-bond acceptors (Lipinski definition) is 0. The maximum Gasteiger partial charge on any atom is 0.0484 e. The normalized spacial score (nSPS) is 15.6. The first kappa shape index (κ1) is 8.58. The van der Waals surface area contributed by atoms with Crippen molar-refractivity contribution in [2.75, 3.05) is 0 Å². The van der Waals surface area contributed by atoms with Crippen molar-refractivity contribution in [1.29, 1.82) is 0 Å². The highest BCUT2D eigenvalue weighted by Gasteiger charge is 2.03. The van der Waals surface area contributed by atoms with Gasteiger partial charge in [0.15, 0.2) is 0 Å². The molecule has 1 aliphatic rings. The molecule has 1 heteroatoms. The minimum absolute atomic E-state index is 0.834. The Morgan fingerprint density at radius 3 is 2.62 bits per heavy atom. The molecule has 0 saturated heterocycles. The Kier molecular flexibility index (Phi) is 2.51. The van der Waals surface area contributed by atoms with Crippen LogP contribution in [0, 0.1) is 0 Å². The van der Waals surface area contributed by atoms with Crippen LogP contribution in [-0.2, 0) is 0 Å². The van der Waals surface area contributed by atoms with Gasteiger partial charge in [-0.05, 0) is 30.0 Å². The van der Waals surface area contributed by atoms with Crippen molar-refractivity contribution in [2.45, 2.75) is 12.8 Å². The highest BCUT2D eigenvalue weighted by molar-refractivity contribution is 6.32. The maximum absolute atomic E-state index is 6.08. The van der Waals surface area contributed by atoms with Gasteiger partial charge in [-0.25, -0.2) is 0 Å². The third-order valence-electron chi connectivity index (χ3n) is 2.18. The van der Waals surface area contributed by atoms with Crippen molar-refractivity contribution in [2.24, 2.45) is 0 Å². The topological polar surface area (TPSA) is 0 Å². The fraction of sp³-hybridized carbons (Fsp3) is 0.167. The molecule has 1 aromatic rings. The van der Waals surface area contributed by atoms with E-state index in [1.165, 1.54) is 5.57 Å². The number of allylic oxidation sites excluding steroid dienone is 4. The smallest absolute Gasteiger partial charge is 0.0484 e. The van der Waals surface area contributed by atoms with Gasteiger partial charge < -0.3 is 0 Å². The van der Waals surface area contributed by atoms with Crippen molar-refractivity contribution in [3.63, 3.8) is 0 Å². The Morgan fingerprint density at radius 1 is 1.08 bits per heavy atom. The first-order chi connectivity index (χ1) is 6.38. The Labute approximate surface area is 83.5 Å². The molecular formula is C12H11Cl. The molecule has 13 heavy (non-hydrogen) atoms. The Bertz CT molecular complexity index is 361. The van der Waals surface area contributed by atoms with Crippen LogP contribution < -0.4 is 0 Å². The molecule has 0 N–H and O–H groups in total. The van der Waals surface area contributed by atoms with Crippen molar-refractivity contribution in [3.8, 4) is 0 Å². The Morgan fingerprint density at radius 2 is 1.92 bits per heavy atom. The quantitative estimate of drug-likeness (QED) is 0.626. The number of halogens is 1. The molecule has 0 bridgehead atoms. The molecule has 0 amide bonds. The van der Waals surface area contributed by atoms with E-state index in [9.17, 15) is 0 Å². The fourth-order valence-corrected chi connectivity index (χ4v) is 1.75. The van der Waals surface area contributed by atoms with Crippen molar-refractivity contribution in [1.82, 2.24) is 0 Å². The molecule has 0 nitrogen and oxygen atoms in total. The lowest BCUT2D eigenvalue weighted by molar-refractivity contribution is 1.04. The van der Waals surface area contributed by atoms with E-state index in [1.54, 1.807) is 0 Å². The number of rotatable bonds is 1. The molecule has 0 heterocycles. The predicted octanol–water partition coefficient (Wildman–Crippen LogP) is 4.07. The van der Waals surface area contributed by atoms with Crippen molar-refractivity contribution < 1.29 is 0 Å². The summed E-state index contributed by atoms with van der Waals surface area (Å²) in [5, 5.41) is 0.834. The lowest BCUT2D eigenvalue weighted by atomic mass is 10.00. The van der Waals surface area contributed by atoms with Gasteiger partial charge in [0.1, 0.15) is 0 Å². The van der Waals surface area contributed by atoms with Gasteiger partial charge in [0.05, 0.1) is 0 Å². The Hall–Kier alpha value is -1.01. The van der Waals surface area contributed by atoms with E-state index < -0.39 is 0 Å². The van der Waals surface area contributed by atoms with Gasteiger partial charge in [0, 0.05) is 5.02 Å². The van der Waals surface area contributed by atoms with E-state index in [2.05, 4.69) is 24.3 Å². The second kappa shape index (κ2) is 3.80. The van der Waals surface area contributed by atoms with Gasteiger partial charge in [-0.1, -0.05) is 48.0 Å². The van der Waals surface area contributed by atoms with Crippen LogP contribution in [0.5, 0.6) is 0 Å². The molecule has 66 valence electrons. The lowest BCUT2D eigenvalue weighted by Gasteiger charge is -2.08. The summed E-state index contributed by atoms with van der Waals surface area (Å²) in [4.78, 5) is 0. The first-order valence-corrected chi connectivity index (χ1v) is 4.87. The molecular weight excluding hydrogens is 180 g/mol. The molecule has 0 radical (unpaired) electrons. The zero-order valence-corrected chi connectivity index (χ0v) is 8.09. The zero-order chi connectivity index (χ0) is 9.10. The van der Waals surface area contributed by atoms with E-state index in [0.29, 0.717) is 0 Å². The summed E-state index contributed by atoms with van der Waals surface area (Å²) in [7, 11) is 0. The van der Waals surface area contributed by atoms with Gasteiger partial charge in [0.2, 0.25) is 0 Å². The minimum atomic E-state index is 0.834. The highest BCUT2D eigenvalue weighted by Crippen LogP contribution is 2.27. The van der Waals surface area contributed by atoms with E-state index in [-0.39, 0.29) is 0 Å². The minimum Gasteiger partial charge on any atom is -0.0837 e. The van der Waals surface area contributed by atoms with Crippen molar-refractivity contribution in [3.05, 3.63) is 53.1 Å². The SMILES string of the molecule is Clc1ccccc1C1=CCCC=C1. The van der Waals surface area contributed by atoms with Crippen LogP contribution in [0.4, 0.5) is 0 Å². The van der Waals surface area contributed by atoms with Crippen LogP contribution in [0.25, 0.3) is 5.57 Å². The Balaban J connectivity index is 2.40. The van der Waals surface area contributed by atoms with E-state index in [0.717, 1.165) is 23.4 Å². The first-order valence-electron chi connectivity index (χ1n) is 4.49. The summed E-state index contributed by atoms with van der Waals surface area (Å²) in [6.45, 7) is 0. The average Bonchev–Trinajstić information content (AvgIpc) is 2.20. The molecule has 0 atom stereocenters. The van der Waals surface area contributed by atoms with E-state index >= 15 is 0 Å². The van der Waals surface area contributed by atoms with Crippen LogP contribution >= 0.6 is 11.6 Å². The molecule has 1 aromatic carbocycles. The van der Waals surface area contributed by atoms with E-state index in [4.69, 9.17) is 11.6 Å². The summed E-state index contributed by atoms with van der Waals surface area (Å²) < 4.78 is 0. The molecule has 2 rings (SSSR count). The van der Waals surface area contributed by atoms with Crippen LogP contribution in [0.1, 0.15) is 18.4 Å². The summed E-state index contributed by atoms with van der Waals surface area (Å²) >= 11 is 6.08. The van der Waals surface area contributed by atoms with Crippen LogP contribution in [-0.4, -0.2) is 0 Å². The average molecular weight is 191 g/mol. The summed E-state index contributed by atoms with van der Waals surface area (Å²) in [6.07, 6.45) is 8.84. The largest absolute Gasteiger partial charge is 0.0837 e. The van der Waals surface area contributed by atoms with Gasteiger partial charge in [-0.15, -0.1) is 0 Å². The number of benzene rings is 1. The second-order valence-corrected chi connectivity index (χ2v) is 3.53. The molecule has 0 unspecified atom stereocenters. The molecule has 0 fully saturated rings. The standard InChI is InChI=1S/C12H11Cl/c13-12-9-5-4-8-11(12)10-6-2-1-3-7-10/h2,4-9H,1,3H2. The van der Waals surface area contributed by atoms with Crippen LogP contribution in [0.2, 0.25) is 5.02 Å². The van der Waals surface area contributed by atoms with Crippen LogP contribution in [0.15, 0.2) is 42.5 Å². The van der Waals surface area contributed by atoms with Gasteiger partial charge in [0.25, 0.3) is 0 Å². The van der Waals surface area contributed by atoms with Crippen molar-refractivity contribution >= 4 is 17.2 Å². The van der Waals surface area contributed by atoms with Gasteiger partial charge in [-0.2, -0.15) is 0 Å². The molecule has 0 spiro atoms. The summed E-state index contributed by atoms with van der Waals surface area (Å²) in [5.41, 5.74) is 2.39.